The van der Waals surface area contributed by atoms with Crippen LogP contribution in [0.25, 0.3) is 22.2 Å². The molecule has 1 aliphatic rings. The second-order valence-electron chi connectivity index (χ2n) is 9.67. The molecule has 0 spiro atoms. The average molecular weight is 420 g/mol. The van der Waals surface area contributed by atoms with E-state index >= 15 is 0 Å². The van der Waals surface area contributed by atoms with Gasteiger partial charge in [-0.1, -0.05) is 33.3 Å². The smallest absolute Gasteiger partial charge is 0.253 e. The van der Waals surface area contributed by atoms with Gasteiger partial charge in [0.2, 0.25) is 0 Å². The zero-order valence-corrected chi connectivity index (χ0v) is 19.8. The summed E-state index contributed by atoms with van der Waals surface area (Å²) in [6.45, 7) is 12.4. The Bertz CT molecular complexity index is 1090. The first-order chi connectivity index (χ1) is 14.9. The van der Waals surface area contributed by atoms with Crippen LogP contribution >= 0.6 is 0 Å². The van der Waals surface area contributed by atoms with Crippen molar-refractivity contribution in [3.63, 3.8) is 0 Å². The predicted octanol–water partition coefficient (Wildman–Crippen LogP) is 5.94. The third-order valence-corrected chi connectivity index (χ3v) is 6.98. The number of H-pyrrole nitrogens is 1. The highest BCUT2D eigenvalue weighted by atomic mass is 16.1. The van der Waals surface area contributed by atoms with Crippen LogP contribution in [0.2, 0.25) is 0 Å². The van der Waals surface area contributed by atoms with Crippen molar-refractivity contribution < 1.29 is 0 Å². The average Bonchev–Trinajstić information content (AvgIpc) is 3.15. The van der Waals surface area contributed by atoms with Crippen LogP contribution in [-0.4, -0.2) is 34.1 Å². The van der Waals surface area contributed by atoms with Gasteiger partial charge in [-0.05, 0) is 87.0 Å². The number of aryl methyl sites for hydroxylation is 2. The standard InChI is InChI=1S/C27H37N3O/c1-6-7-12-30-13-10-20(11-14-30)21-8-9-24-23(16-21)25(18(2)3)26(28-24)22-15-19(4)27(31)29(5)17-22/h8-9,15-18,20,28H,6-7,10-14H2,1-5H3. The topological polar surface area (TPSA) is 41.0 Å². The van der Waals surface area contributed by atoms with Gasteiger partial charge < -0.3 is 14.5 Å². The summed E-state index contributed by atoms with van der Waals surface area (Å²) in [5.74, 6) is 1.05. The molecule has 3 aromatic rings. The summed E-state index contributed by atoms with van der Waals surface area (Å²) in [7, 11) is 1.83. The van der Waals surface area contributed by atoms with E-state index in [2.05, 4.69) is 48.9 Å². The molecule has 0 saturated carbocycles. The van der Waals surface area contributed by atoms with E-state index in [0.717, 1.165) is 16.8 Å². The number of rotatable bonds is 6. The Morgan fingerprint density at radius 1 is 1.16 bits per heavy atom. The van der Waals surface area contributed by atoms with Gasteiger partial charge in [-0.3, -0.25) is 4.79 Å². The highest BCUT2D eigenvalue weighted by molar-refractivity contribution is 5.92. The molecule has 166 valence electrons. The largest absolute Gasteiger partial charge is 0.354 e. The molecular weight excluding hydrogens is 382 g/mol. The number of aromatic nitrogens is 2. The van der Waals surface area contributed by atoms with Crippen LogP contribution in [0.5, 0.6) is 0 Å². The summed E-state index contributed by atoms with van der Waals surface area (Å²) < 4.78 is 1.69. The van der Waals surface area contributed by atoms with Crippen molar-refractivity contribution in [3.05, 3.63) is 57.5 Å². The lowest BCUT2D eigenvalue weighted by Gasteiger charge is -2.32. The molecule has 0 amide bonds. The van der Waals surface area contributed by atoms with Crippen LogP contribution in [0.3, 0.4) is 0 Å². The number of benzene rings is 1. The lowest BCUT2D eigenvalue weighted by Crippen LogP contribution is -2.33. The fourth-order valence-corrected chi connectivity index (χ4v) is 5.20. The van der Waals surface area contributed by atoms with E-state index in [4.69, 9.17) is 0 Å². The Labute approximate surface area is 186 Å². The van der Waals surface area contributed by atoms with Gasteiger partial charge in [-0.2, -0.15) is 0 Å². The number of pyridine rings is 1. The second-order valence-corrected chi connectivity index (χ2v) is 9.67. The lowest BCUT2D eigenvalue weighted by atomic mass is 9.87. The molecular formula is C27H37N3O. The van der Waals surface area contributed by atoms with Gasteiger partial charge in [0, 0.05) is 35.3 Å². The van der Waals surface area contributed by atoms with Gasteiger partial charge in [0.1, 0.15) is 0 Å². The number of likely N-dealkylation sites (tertiary alicyclic amines) is 1. The van der Waals surface area contributed by atoms with Crippen molar-refractivity contribution >= 4 is 10.9 Å². The molecule has 31 heavy (non-hydrogen) atoms. The molecule has 0 aliphatic carbocycles. The number of nitrogens with one attached hydrogen (secondary N) is 1. The number of aromatic amines is 1. The number of unbranched alkanes of at least 4 members (excludes halogenated alkanes) is 1. The molecule has 4 heteroatoms. The molecule has 4 rings (SSSR count). The van der Waals surface area contributed by atoms with Gasteiger partial charge in [0.05, 0.1) is 5.69 Å². The molecule has 4 nitrogen and oxygen atoms in total. The van der Waals surface area contributed by atoms with Crippen molar-refractivity contribution in [2.45, 2.75) is 65.2 Å². The fraction of sp³-hybridized carbons (Fsp3) is 0.519. The third kappa shape index (κ3) is 4.36. The summed E-state index contributed by atoms with van der Waals surface area (Å²) in [6.07, 6.45) is 7.05. The van der Waals surface area contributed by atoms with E-state index in [9.17, 15) is 4.79 Å². The second kappa shape index (κ2) is 9.04. The van der Waals surface area contributed by atoms with Crippen molar-refractivity contribution in [1.29, 1.82) is 0 Å². The van der Waals surface area contributed by atoms with Crippen LogP contribution < -0.4 is 5.56 Å². The first kappa shape index (κ1) is 21.9. The normalized spacial score (nSPS) is 15.9. The molecule has 0 bridgehead atoms. The molecule has 1 aromatic carbocycles. The molecule has 0 atom stereocenters. The highest BCUT2D eigenvalue weighted by Crippen LogP contribution is 2.38. The molecule has 0 radical (unpaired) electrons. The quantitative estimate of drug-likeness (QED) is 0.537. The number of nitrogens with zero attached hydrogens (tertiary/aromatic N) is 2. The Balaban J connectivity index is 1.69. The van der Waals surface area contributed by atoms with Crippen LogP contribution in [0.1, 0.15) is 75.0 Å². The Morgan fingerprint density at radius 2 is 1.90 bits per heavy atom. The van der Waals surface area contributed by atoms with E-state index < -0.39 is 0 Å². The van der Waals surface area contributed by atoms with Crippen LogP contribution in [0.4, 0.5) is 0 Å². The van der Waals surface area contributed by atoms with Gasteiger partial charge in [0.25, 0.3) is 5.56 Å². The van der Waals surface area contributed by atoms with Crippen molar-refractivity contribution in [3.8, 4) is 11.3 Å². The Morgan fingerprint density at radius 3 is 2.55 bits per heavy atom. The lowest BCUT2D eigenvalue weighted by molar-refractivity contribution is 0.210. The first-order valence-electron chi connectivity index (χ1n) is 11.9. The number of hydrogen-bond donors (Lipinski definition) is 1. The number of piperidine rings is 1. The highest BCUT2D eigenvalue weighted by Gasteiger charge is 2.22. The van der Waals surface area contributed by atoms with Crippen molar-refractivity contribution in [1.82, 2.24) is 14.5 Å². The van der Waals surface area contributed by atoms with Crippen LogP contribution in [-0.2, 0) is 7.05 Å². The fourth-order valence-electron chi connectivity index (χ4n) is 5.20. The summed E-state index contributed by atoms with van der Waals surface area (Å²) in [5.41, 5.74) is 7.11. The van der Waals surface area contributed by atoms with E-state index in [1.807, 2.05) is 26.2 Å². The van der Waals surface area contributed by atoms with E-state index in [0.29, 0.717) is 11.8 Å². The third-order valence-electron chi connectivity index (χ3n) is 6.98. The number of fused-ring (bicyclic) bond motifs is 1. The van der Waals surface area contributed by atoms with Gasteiger partial charge >= 0.3 is 0 Å². The maximum absolute atomic E-state index is 12.2. The van der Waals surface area contributed by atoms with Crippen molar-refractivity contribution in [2.75, 3.05) is 19.6 Å². The molecule has 3 heterocycles. The molecule has 1 N–H and O–H groups in total. The molecule has 1 aliphatic heterocycles. The maximum Gasteiger partial charge on any atom is 0.253 e. The summed E-state index contributed by atoms with van der Waals surface area (Å²) in [5, 5.41) is 1.34. The molecule has 1 saturated heterocycles. The van der Waals surface area contributed by atoms with E-state index in [1.54, 1.807) is 4.57 Å². The van der Waals surface area contributed by atoms with Crippen LogP contribution in [0.15, 0.2) is 35.3 Å². The van der Waals surface area contributed by atoms with E-state index in [-0.39, 0.29) is 5.56 Å². The van der Waals surface area contributed by atoms with Gasteiger partial charge in [-0.25, -0.2) is 0 Å². The zero-order valence-electron chi connectivity index (χ0n) is 19.8. The minimum Gasteiger partial charge on any atom is -0.354 e. The number of hydrogen-bond acceptors (Lipinski definition) is 2. The molecule has 0 unspecified atom stereocenters. The SMILES string of the molecule is CCCCN1CCC(c2ccc3[nH]c(-c4cc(C)c(=O)n(C)c4)c(C(C)C)c3c2)CC1. The first-order valence-corrected chi connectivity index (χ1v) is 11.9. The predicted molar refractivity (Wildman–Crippen MR) is 131 cm³/mol. The zero-order chi connectivity index (χ0) is 22.1. The van der Waals surface area contributed by atoms with Gasteiger partial charge in [-0.15, -0.1) is 0 Å². The summed E-state index contributed by atoms with van der Waals surface area (Å²) >= 11 is 0. The minimum atomic E-state index is 0.0681. The van der Waals surface area contributed by atoms with Gasteiger partial charge in [0.15, 0.2) is 0 Å². The summed E-state index contributed by atoms with van der Waals surface area (Å²) in [6, 6.07) is 9.04. The molecule has 1 fully saturated rings. The maximum atomic E-state index is 12.2. The monoisotopic (exact) mass is 419 g/mol. The Kier molecular flexibility index (Phi) is 6.38. The van der Waals surface area contributed by atoms with E-state index in [1.165, 1.54) is 67.3 Å². The summed E-state index contributed by atoms with van der Waals surface area (Å²) in [4.78, 5) is 18.5. The molecule has 2 aromatic heterocycles. The Hall–Kier alpha value is -2.33. The minimum absolute atomic E-state index is 0.0681. The van der Waals surface area contributed by atoms with Crippen LogP contribution in [0, 0.1) is 6.92 Å². The van der Waals surface area contributed by atoms with Crippen molar-refractivity contribution in [2.24, 2.45) is 7.05 Å².